The molecule has 0 unspecified atom stereocenters. The molecule has 0 aliphatic carbocycles. The third kappa shape index (κ3) is 4.16. The third-order valence-electron chi connectivity index (χ3n) is 5.22. The van der Waals surface area contributed by atoms with Gasteiger partial charge in [-0.3, -0.25) is 4.79 Å². The predicted octanol–water partition coefficient (Wildman–Crippen LogP) is 0.356. The maximum absolute atomic E-state index is 12.4. The molecule has 0 saturated carbocycles. The molecule has 0 atom stereocenters. The highest BCUT2D eigenvalue weighted by Crippen LogP contribution is 2.18. The summed E-state index contributed by atoms with van der Waals surface area (Å²) >= 11 is 0. The molecule has 23 heavy (non-hydrogen) atoms. The molecular formula is C18H28N3O2+. The van der Waals surface area contributed by atoms with Gasteiger partial charge in [0.05, 0.1) is 26.2 Å². The Morgan fingerprint density at radius 1 is 1.13 bits per heavy atom. The van der Waals surface area contributed by atoms with Crippen molar-refractivity contribution in [3.05, 3.63) is 24.3 Å². The van der Waals surface area contributed by atoms with Crippen molar-refractivity contribution in [3.8, 4) is 5.75 Å². The summed E-state index contributed by atoms with van der Waals surface area (Å²) in [5, 5.41) is 9.37. The van der Waals surface area contributed by atoms with Gasteiger partial charge in [-0.15, -0.1) is 0 Å². The highest BCUT2D eigenvalue weighted by Gasteiger charge is 2.26. The molecule has 2 heterocycles. The molecule has 2 saturated heterocycles. The van der Waals surface area contributed by atoms with Crippen molar-refractivity contribution < 1.29 is 14.8 Å². The largest absolute Gasteiger partial charge is 0.508 e. The van der Waals surface area contributed by atoms with Gasteiger partial charge in [0.2, 0.25) is 0 Å². The third-order valence-corrected chi connectivity index (χ3v) is 5.22. The number of hydrogen-bond donors (Lipinski definition) is 2. The highest BCUT2D eigenvalue weighted by molar-refractivity contribution is 5.77. The quantitative estimate of drug-likeness (QED) is 0.846. The van der Waals surface area contributed by atoms with Crippen LogP contribution in [0.25, 0.3) is 0 Å². The molecule has 2 fully saturated rings. The highest BCUT2D eigenvalue weighted by atomic mass is 16.3. The summed E-state index contributed by atoms with van der Waals surface area (Å²) < 4.78 is 0. The Labute approximate surface area is 138 Å². The number of hydrogen-bond acceptors (Lipinski definition) is 3. The second kappa shape index (κ2) is 7.21. The lowest BCUT2D eigenvalue weighted by Gasteiger charge is -2.35. The fraction of sp³-hybridized carbons (Fsp3) is 0.611. The number of anilines is 1. The van der Waals surface area contributed by atoms with Crippen molar-refractivity contribution in [2.75, 3.05) is 50.7 Å². The molecule has 5 nitrogen and oxygen atoms in total. The van der Waals surface area contributed by atoms with E-state index in [-0.39, 0.29) is 0 Å². The van der Waals surface area contributed by atoms with Gasteiger partial charge in [0.15, 0.2) is 6.54 Å². The SMILES string of the molecule is CC1CCN(C(=O)C[NH+]2CCN(c3ccc(O)cc3)CC2)CC1. The zero-order valence-corrected chi connectivity index (χ0v) is 14.0. The lowest BCUT2D eigenvalue weighted by atomic mass is 9.99. The van der Waals surface area contributed by atoms with E-state index in [1.54, 1.807) is 12.1 Å². The summed E-state index contributed by atoms with van der Waals surface area (Å²) in [7, 11) is 0. The van der Waals surface area contributed by atoms with Crippen LogP contribution in [0.5, 0.6) is 5.75 Å². The predicted molar refractivity (Wildman–Crippen MR) is 90.9 cm³/mol. The van der Waals surface area contributed by atoms with Crippen molar-refractivity contribution >= 4 is 11.6 Å². The zero-order valence-electron chi connectivity index (χ0n) is 14.0. The molecule has 3 rings (SSSR count). The van der Waals surface area contributed by atoms with Gasteiger partial charge < -0.3 is 19.8 Å². The average Bonchev–Trinajstić information content (AvgIpc) is 2.57. The minimum Gasteiger partial charge on any atom is -0.508 e. The number of carbonyl (C=O) groups is 1. The monoisotopic (exact) mass is 318 g/mol. The first-order valence-electron chi connectivity index (χ1n) is 8.77. The molecule has 1 aromatic carbocycles. The number of nitrogens with zero attached hydrogens (tertiary/aromatic N) is 2. The first-order valence-corrected chi connectivity index (χ1v) is 8.77. The second-order valence-corrected chi connectivity index (χ2v) is 6.99. The average molecular weight is 318 g/mol. The van der Waals surface area contributed by atoms with Crippen molar-refractivity contribution in [3.63, 3.8) is 0 Å². The van der Waals surface area contributed by atoms with Gasteiger partial charge in [0.25, 0.3) is 5.91 Å². The number of nitrogens with one attached hydrogen (secondary N) is 1. The number of phenols is 1. The number of quaternary nitrogens is 1. The number of phenolic OH excluding ortho intramolecular Hbond substituents is 1. The number of benzene rings is 1. The summed E-state index contributed by atoms with van der Waals surface area (Å²) in [5.41, 5.74) is 1.15. The van der Waals surface area contributed by atoms with Crippen LogP contribution in [-0.2, 0) is 4.79 Å². The molecule has 2 N–H and O–H groups in total. The van der Waals surface area contributed by atoms with E-state index >= 15 is 0 Å². The molecule has 0 radical (unpaired) electrons. The van der Waals surface area contributed by atoms with Crippen LogP contribution in [0.1, 0.15) is 19.8 Å². The molecule has 5 heteroatoms. The summed E-state index contributed by atoms with van der Waals surface area (Å²) in [6, 6.07) is 7.38. The van der Waals surface area contributed by atoms with Crippen LogP contribution in [-0.4, -0.2) is 61.7 Å². The Kier molecular flexibility index (Phi) is 5.06. The van der Waals surface area contributed by atoms with Gasteiger partial charge in [-0.1, -0.05) is 6.92 Å². The van der Waals surface area contributed by atoms with E-state index in [1.807, 2.05) is 12.1 Å². The number of piperazine rings is 1. The van der Waals surface area contributed by atoms with Gasteiger partial charge in [-0.25, -0.2) is 0 Å². The summed E-state index contributed by atoms with van der Waals surface area (Å²) in [6.07, 6.45) is 2.30. The van der Waals surface area contributed by atoms with Gasteiger partial charge in [0, 0.05) is 18.8 Å². The van der Waals surface area contributed by atoms with Gasteiger partial charge in [0.1, 0.15) is 5.75 Å². The van der Waals surface area contributed by atoms with E-state index in [0.717, 1.165) is 63.7 Å². The molecule has 1 amide bonds. The number of aromatic hydroxyl groups is 1. The van der Waals surface area contributed by atoms with E-state index in [0.29, 0.717) is 18.2 Å². The number of amides is 1. The molecule has 0 aromatic heterocycles. The van der Waals surface area contributed by atoms with Crippen molar-refractivity contribution in [1.82, 2.24) is 4.90 Å². The van der Waals surface area contributed by atoms with Crippen molar-refractivity contribution in [1.29, 1.82) is 0 Å². The standard InChI is InChI=1S/C18H27N3O2/c1-15-6-8-21(9-7-15)18(23)14-19-10-12-20(13-11-19)16-2-4-17(22)5-3-16/h2-5,15,22H,6-14H2,1H3/p+1. The Balaban J connectivity index is 1.45. The summed E-state index contributed by atoms with van der Waals surface area (Å²) in [4.78, 5) is 18.2. The first-order chi connectivity index (χ1) is 11.1. The Morgan fingerprint density at radius 3 is 2.35 bits per heavy atom. The van der Waals surface area contributed by atoms with Crippen molar-refractivity contribution in [2.45, 2.75) is 19.8 Å². The van der Waals surface area contributed by atoms with Crippen LogP contribution >= 0.6 is 0 Å². The van der Waals surface area contributed by atoms with Crippen LogP contribution in [0.4, 0.5) is 5.69 Å². The molecule has 0 bridgehead atoms. The number of rotatable bonds is 3. The van der Waals surface area contributed by atoms with Crippen LogP contribution in [0.15, 0.2) is 24.3 Å². The van der Waals surface area contributed by atoms with Gasteiger partial charge in [-0.2, -0.15) is 0 Å². The van der Waals surface area contributed by atoms with E-state index in [9.17, 15) is 9.90 Å². The number of carbonyl (C=O) groups excluding carboxylic acids is 1. The molecule has 2 aliphatic rings. The fourth-order valence-electron chi connectivity index (χ4n) is 3.51. The number of piperidine rings is 1. The Morgan fingerprint density at radius 2 is 1.74 bits per heavy atom. The zero-order chi connectivity index (χ0) is 16.2. The number of likely N-dealkylation sites (tertiary alicyclic amines) is 1. The summed E-state index contributed by atoms with van der Waals surface area (Å²) in [5.74, 6) is 1.39. The first kappa shape index (κ1) is 16.1. The van der Waals surface area contributed by atoms with E-state index in [2.05, 4.69) is 16.7 Å². The van der Waals surface area contributed by atoms with Crippen LogP contribution < -0.4 is 9.80 Å². The van der Waals surface area contributed by atoms with E-state index in [1.165, 1.54) is 4.90 Å². The van der Waals surface area contributed by atoms with E-state index in [4.69, 9.17) is 0 Å². The Hall–Kier alpha value is -1.75. The minimum absolute atomic E-state index is 0.305. The lowest BCUT2D eigenvalue weighted by Crippen LogP contribution is -3.16. The van der Waals surface area contributed by atoms with E-state index < -0.39 is 0 Å². The van der Waals surface area contributed by atoms with Crippen LogP contribution in [0, 0.1) is 5.92 Å². The molecular weight excluding hydrogens is 290 g/mol. The topological polar surface area (TPSA) is 48.2 Å². The van der Waals surface area contributed by atoms with Crippen molar-refractivity contribution in [2.24, 2.45) is 5.92 Å². The van der Waals surface area contributed by atoms with Gasteiger partial charge >= 0.3 is 0 Å². The summed E-state index contributed by atoms with van der Waals surface area (Å²) in [6.45, 7) is 8.70. The molecule has 0 spiro atoms. The molecule has 126 valence electrons. The molecule has 1 aromatic rings. The fourth-order valence-corrected chi connectivity index (χ4v) is 3.51. The second-order valence-electron chi connectivity index (χ2n) is 6.99. The van der Waals surface area contributed by atoms with Crippen LogP contribution in [0.3, 0.4) is 0 Å². The lowest BCUT2D eigenvalue weighted by molar-refractivity contribution is -0.892. The van der Waals surface area contributed by atoms with Crippen LogP contribution in [0.2, 0.25) is 0 Å². The minimum atomic E-state index is 0.305. The maximum Gasteiger partial charge on any atom is 0.277 e. The smallest absolute Gasteiger partial charge is 0.277 e. The molecule has 2 aliphatic heterocycles. The van der Waals surface area contributed by atoms with Gasteiger partial charge in [-0.05, 0) is 43.0 Å². The normalized spacial score (nSPS) is 20.7. The Bertz CT molecular complexity index is 516. The maximum atomic E-state index is 12.4.